The molecule has 0 aliphatic rings. The van der Waals surface area contributed by atoms with E-state index in [1.807, 2.05) is 23.5 Å². The topological polar surface area (TPSA) is 49.6 Å². The number of hydrogen-bond acceptors (Lipinski definition) is 3. The molecule has 2 aromatic heterocycles. The molecule has 2 aromatic rings. The summed E-state index contributed by atoms with van der Waals surface area (Å²) < 4.78 is 5.33. The molecule has 0 radical (unpaired) electrons. The van der Waals surface area contributed by atoms with E-state index in [9.17, 15) is 0 Å². The zero-order valence-corrected chi connectivity index (χ0v) is 14.2. The van der Waals surface area contributed by atoms with Gasteiger partial charge in [0.1, 0.15) is 5.76 Å². The van der Waals surface area contributed by atoms with Gasteiger partial charge in [-0.15, -0.1) is 11.3 Å². The van der Waals surface area contributed by atoms with Crippen LogP contribution in [0.4, 0.5) is 0 Å². The minimum atomic E-state index is 0.541. The lowest BCUT2D eigenvalue weighted by Gasteiger charge is -2.12. The van der Waals surface area contributed by atoms with E-state index in [1.54, 1.807) is 6.26 Å². The monoisotopic (exact) mass is 319 g/mol. The number of nitrogens with one attached hydrogen (secondary N) is 2. The summed E-state index contributed by atoms with van der Waals surface area (Å²) in [5, 5.41) is 8.77. The molecule has 0 aromatic carbocycles. The van der Waals surface area contributed by atoms with Crippen molar-refractivity contribution in [2.24, 2.45) is 10.9 Å². The van der Waals surface area contributed by atoms with Crippen molar-refractivity contribution < 1.29 is 4.42 Å². The largest absolute Gasteiger partial charge is 0.469 e. The van der Waals surface area contributed by atoms with Crippen molar-refractivity contribution in [3.8, 4) is 0 Å². The Balaban J connectivity index is 1.75. The van der Waals surface area contributed by atoms with Gasteiger partial charge in [0.15, 0.2) is 5.96 Å². The van der Waals surface area contributed by atoms with Crippen LogP contribution in [0.15, 0.2) is 45.3 Å². The lowest BCUT2D eigenvalue weighted by molar-refractivity contribution is 0.506. The average molecular weight is 319 g/mol. The highest BCUT2D eigenvalue weighted by Gasteiger charge is 2.05. The number of nitrogens with zero attached hydrogens (tertiary/aromatic N) is 1. The first-order valence-corrected chi connectivity index (χ1v) is 8.72. The van der Waals surface area contributed by atoms with E-state index in [0.29, 0.717) is 5.92 Å². The molecule has 2 N–H and O–H groups in total. The van der Waals surface area contributed by atoms with Crippen LogP contribution in [-0.2, 0) is 12.8 Å². The Kier molecular flexibility index (Phi) is 7.03. The van der Waals surface area contributed by atoms with Crippen LogP contribution in [0.1, 0.15) is 24.5 Å². The third-order valence-electron chi connectivity index (χ3n) is 3.28. The van der Waals surface area contributed by atoms with Gasteiger partial charge >= 0.3 is 0 Å². The van der Waals surface area contributed by atoms with Crippen LogP contribution >= 0.6 is 11.3 Å². The molecule has 0 aliphatic carbocycles. The smallest absolute Gasteiger partial charge is 0.191 e. The third-order valence-corrected chi connectivity index (χ3v) is 4.18. The molecule has 120 valence electrons. The van der Waals surface area contributed by atoms with Crippen LogP contribution in [0.2, 0.25) is 0 Å². The van der Waals surface area contributed by atoms with E-state index in [4.69, 9.17) is 4.42 Å². The lowest BCUT2D eigenvalue weighted by atomic mass is 10.1. The van der Waals surface area contributed by atoms with Crippen LogP contribution < -0.4 is 10.6 Å². The van der Waals surface area contributed by atoms with Crippen molar-refractivity contribution in [1.82, 2.24) is 10.6 Å². The number of thiophene rings is 1. The minimum Gasteiger partial charge on any atom is -0.469 e. The fourth-order valence-corrected chi connectivity index (χ4v) is 3.05. The highest BCUT2D eigenvalue weighted by molar-refractivity contribution is 7.09. The standard InChI is InChI=1S/C17H25N3OS/c1-3-18-17(19-9-8-15-6-4-10-21-15)20-13-14(2)12-16-7-5-11-22-16/h4-7,10-11,14H,3,8-9,12-13H2,1-2H3,(H2,18,19,20). The van der Waals surface area contributed by atoms with Crippen molar-refractivity contribution in [2.45, 2.75) is 26.7 Å². The molecule has 2 rings (SSSR count). The maximum Gasteiger partial charge on any atom is 0.191 e. The third kappa shape index (κ3) is 5.93. The SMILES string of the molecule is CCNC(=NCC(C)Cc1cccs1)NCCc1ccco1. The van der Waals surface area contributed by atoms with Crippen molar-refractivity contribution in [1.29, 1.82) is 0 Å². The lowest BCUT2D eigenvalue weighted by Crippen LogP contribution is -2.38. The van der Waals surface area contributed by atoms with Gasteiger partial charge in [0.25, 0.3) is 0 Å². The molecule has 0 bridgehead atoms. The molecule has 5 heteroatoms. The maximum atomic E-state index is 5.33. The van der Waals surface area contributed by atoms with Gasteiger partial charge in [0, 0.05) is 30.9 Å². The molecule has 0 fully saturated rings. The molecule has 0 saturated carbocycles. The van der Waals surface area contributed by atoms with Crippen molar-refractivity contribution in [2.75, 3.05) is 19.6 Å². The second-order valence-electron chi connectivity index (χ2n) is 5.36. The van der Waals surface area contributed by atoms with Crippen LogP contribution in [-0.4, -0.2) is 25.6 Å². The van der Waals surface area contributed by atoms with Crippen LogP contribution in [0.3, 0.4) is 0 Å². The van der Waals surface area contributed by atoms with E-state index >= 15 is 0 Å². The molecule has 1 unspecified atom stereocenters. The summed E-state index contributed by atoms with van der Waals surface area (Å²) in [4.78, 5) is 6.11. The fourth-order valence-electron chi connectivity index (χ4n) is 2.18. The second kappa shape index (κ2) is 9.30. The van der Waals surface area contributed by atoms with Crippen LogP contribution in [0, 0.1) is 5.92 Å². The van der Waals surface area contributed by atoms with E-state index < -0.39 is 0 Å². The zero-order chi connectivity index (χ0) is 15.6. The van der Waals surface area contributed by atoms with Gasteiger partial charge < -0.3 is 15.1 Å². The molecule has 0 aliphatic heterocycles. The molecule has 0 saturated heterocycles. The van der Waals surface area contributed by atoms with E-state index in [1.165, 1.54) is 4.88 Å². The Labute approximate surface area is 136 Å². The molecule has 4 nitrogen and oxygen atoms in total. The molecular weight excluding hydrogens is 294 g/mol. The van der Waals surface area contributed by atoms with Gasteiger partial charge in [-0.25, -0.2) is 0 Å². The Morgan fingerprint density at radius 2 is 2.23 bits per heavy atom. The number of aliphatic imine (C=N–C) groups is 1. The molecular formula is C17H25N3OS. The number of furan rings is 1. The van der Waals surface area contributed by atoms with Crippen molar-refractivity contribution >= 4 is 17.3 Å². The zero-order valence-electron chi connectivity index (χ0n) is 13.3. The number of hydrogen-bond donors (Lipinski definition) is 2. The predicted octanol–water partition coefficient (Wildman–Crippen LogP) is 3.32. The molecule has 2 heterocycles. The minimum absolute atomic E-state index is 0.541. The highest BCUT2D eigenvalue weighted by Crippen LogP contribution is 2.14. The van der Waals surface area contributed by atoms with E-state index in [0.717, 1.165) is 44.2 Å². The average Bonchev–Trinajstić information content (AvgIpc) is 3.18. The van der Waals surface area contributed by atoms with Gasteiger partial charge in [-0.3, -0.25) is 4.99 Å². The Morgan fingerprint density at radius 1 is 1.32 bits per heavy atom. The quantitative estimate of drug-likeness (QED) is 0.580. The van der Waals surface area contributed by atoms with Crippen LogP contribution in [0.5, 0.6) is 0 Å². The summed E-state index contributed by atoms with van der Waals surface area (Å²) >= 11 is 1.82. The first-order valence-electron chi connectivity index (χ1n) is 7.85. The molecule has 0 spiro atoms. The molecule has 1 atom stereocenters. The van der Waals surface area contributed by atoms with Crippen molar-refractivity contribution in [3.05, 3.63) is 46.5 Å². The first kappa shape index (κ1) is 16.6. The highest BCUT2D eigenvalue weighted by atomic mass is 32.1. The van der Waals surface area contributed by atoms with Gasteiger partial charge in [-0.1, -0.05) is 13.0 Å². The number of rotatable bonds is 8. The summed E-state index contributed by atoms with van der Waals surface area (Å²) in [6, 6.07) is 8.21. The van der Waals surface area contributed by atoms with E-state index in [-0.39, 0.29) is 0 Å². The second-order valence-corrected chi connectivity index (χ2v) is 6.40. The summed E-state index contributed by atoms with van der Waals surface area (Å²) in [5.41, 5.74) is 0. The van der Waals surface area contributed by atoms with Gasteiger partial charge in [0.2, 0.25) is 0 Å². The fraction of sp³-hybridized carbons (Fsp3) is 0.471. The van der Waals surface area contributed by atoms with Crippen molar-refractivity contribution in [3.63, 3.8) is 0 Å². The van der Waals surface area contributed by atoms with Gasteiger partial charge in [0.05, 0.1) is 6.26 Å². The summed E-state index contributed by atoms with van der Waals surface area (Å²) in [6.45, 7) is 6.84. The predicted molar refractivity (Wildman–Crippen MR) is 93.6 cm³/mol. The summed E-state index contributed by atoms with van der Waals surface area (Å²) in [6.07, 6.45) is 3.66. The van der Waals surface area contributed by atoms with Gasteiger partial charge in [-0.2, -0.15) is 0 Å². The molecule has 0 amide bonds. The van der Waals surface area contributed by atoms with E-state index in [2.05, 4.69) is 47.0 Å². The van der Waals surface area contributed by atoms with Gasteiger partial charge in [-0.05, 0) is 42.8 Å². The first-order chi connectivity index (χ1) is 10.8. The Bertz CT molecular complexity index is 534. The summed E-state index contributed by atoms with van der Waals surface area (Å²) in [5.74, 6) is 2.42. The van der Waals surface area contributed by atoms with Crippen LogP contribution in [0.25, 0.3) is 0 Å². The Morgan fingerprint density at radius 3 is 2.91 bits per heavy atom. The number of guanidine groups is 1. The maximum absolute atomic E-state index is 5.33. The normalized spacial score (nSPS) is 13.1. The Hall–Kier alpha value is -1.75. The molecule has 22 heavy (non-hydrogen) atoms. The summed E-state index contributed by atoms with van der Waals surface area (Å²) in [7, 11) is 0.